The molecule has 2 rings (SSSR count). The van der Waals surface area contributed by atoms with E-state index in [-0.39, 0.29) is 6.04 Å². The Morgan fingerprint density at radius 3 is 2.53 bits per heavy atom. The third-order valence-electron chi connectivity index (χ3n) is 3.19. The van der Waals surface area contributed by atoms with Gasteiger partial charge in [-0.05, 0) is 37.1 Å². The van der Waals surface area contributed by atoms with E-state index in [0.717, 1.165) is 23.6 Å². The van der Waals surface area contributed by atoms with Crippen LogP contribution < -0.4 is 11.3 Å². The third-order valence-corrected chi connectivity index (χ3v) is 3.44. The van der Waals surface area contributed by atoms with Crippen molar-refractivity contribution in [1.82, 2.24) is 15.2 Å². The van der Waals surface area contributed by atoms with Gasteiger partial charge >= 0.3 is 0 Å². The molecule has 1 unspecified atom stereocenters. The zero-order valence-electron chi connectivity index (χ0n) is 11.2. The van der Waals surface area contributed by atoms with Gasteiger partial charge < -0.3 is 0 Å². The van der Waals surface area contributed by atoms with E-state index < -0.39 is 0 Å². The highest BCUT2D eigenvalue weighted by molar-refractivity contribution is 6.30. The normalized spacial score (nSPS) is 12.6. The summed E-state index contributed by atoms with van der Waals surface area (Å²) in [6.07, 6.45) is 1.70. The number of benzene rings is 1. The highest BCUT2D eigenvalue weighted by Gasteiger charge is 2.12. The van der Waals surface area contributed by atoms with Gasteiger partial charge in [-0.2, -0.15) is 5.10 Å². The predicted octanol–water partition coefficient (Wildman–Crippen LogP) is 2.00. The molecule has 0 fully saturated rings. The second-order valence-corrected chi connectivity index (χ2v) is 5.24. The molecule has 3 N–H and O–H groups in total. The van der Waals surface area contributed by atoms with Crippen molar-refractivity contribution in [2.75, 3.05) is 0 Å². The van der Waals surface area contributed by atoms with Crippen molar-refractivity contribution in [2.45, 2.75) is 25.8 Å². The summed E-state index contributed by atoms with van der Waals surface area (Å²) in [5, 5.41) is 5.10. The number of hydrazine groups is 1. The van der Waals surface area contributed by atoms with Crippen LogP contribution in [0.4, 0.5) is 0 Å². The number of aromatic nitrogens is 2. The van der Waals surface area contributed by atoms with Crippen molar-refractivity contribution in [3.05, 3.63) is 52.3 Å². The van der Waals surface area contributed by atoms with E-state index in [1.807, 2.05) is 42.9 Å². The molecule has 0 aliphatic carbocycles. The first-order valence-electron chi connectivity index (χ1n) is 6.28. The van der Waals surface area contributed by atoms with Gasteiger partial charge in [0.25, 0.3) is 0 Å². The van der Waals surface area contributed by atoms with Crippen LogP contribution >= 0.6 is 11.6 Å². The lowest BCUT2D eigenvalue weighted by Gasteiger charge is -2.16. The molecule has 0 saturated heterocycles. The monoisotopic (exact) mass is 278 g/mol. The summed E-state index contributed by atoms with van der Waals surface area (Å²) in [7, 11) is 1.96. The molecule has 0 aliphatic rings. The fourth-order valence-electron chi connectivity index (χ4n) is 2.20. The lowest BCUT2D eigenvalue weighted by atomic mass is 10.0. The van der Waals surface area contributed by atoms with E-state index in [1.165, 1.54) is 11.3 Å². The van der Waals surface area contributed by atoms with Crippen LogP contribution in [0.15, 0.2) is 30.3 Å². The van der Waals surface area contributed by atoms with Gasteiger partial charge in [0.2, 0.25) is 0 Å². The zero-order chi connectivity index (χ0) is 13.8. The first-order chi connectivity index (χ1) is 9.08. The maximum atomic E-state index is 5.88. The van der Waals surface area contributed by atoms with Crippen molar-refractivity contribution in [3.63, 3.8) is 0 Å². The lowest BCUT2D eigenvalue weighted by Crippen LogP contribution is -2.38. The standard InChI is InChI=1S/C14H19ClN4/c1-10-7-14(19(2)18-10)9-13(17-16)8-11-3-5-12(15)6-4-11/h3-7,13,17H,8-9,16H2,1-2H3. The first-order valence-corrected chi connectivity index (χ1v) is 6.66. The Morgan fingerprint density at radius 2 is 2.00 bits per heavy atom. The summed E-state index contributed by atoms with van der Waals surface area (Å²) in [6, 6.07) is 10.1. The van der Waals surface area contributed by atoms with Gasteiger partial charge in [-0.25, -0.2) is 0 Å². The average molecular weight is 279 g/mol. The molecule has 1 atom stereocenters. The number of aryl methyl sites for hydroxylation is 2. The Labute approximate surface area is 118 Å². The minimum absolute atomic E-state index is 0.177. The average Bonchev–Trinajstić information content (AvgIpc) is 2.69. The molecule has 0 aliphatic heterocycles. The lowest BCUT2D eigenvalue weighted by molar-refractivity contribution is 0.505. The summed E-state index contributed by atoms with van der Waals surface area (Å²) in [5.74, 6) is 5.65. The van der Waals surface area contributed by atoms with Crippen LogP contribution in [-0.2, 0) is 19.9 Å². The van der Waals surface area contributed by atoms with Gasteiger partial charge in [0.15, 0.2) is 0 Å². The van der Waals surface area contributed by atoms with E-state index in [0.29, 0.717) is 0 Å². The van der Waals surface area contributed by atoms with Crippen LogP contribution in [0.25, 0.3) is 0 Å². The Morgan fingerprint density at radius 1 is 1.32 bits per heavy atom. The zero-order valence-corrected chi connectivity index (χ0v) is 12.0. The van der Waals surface area contributed by atoms with Gasteiger partial charge in [-0.1, -0.05) is 23.7 Å². The fourth-order valence-corrected chi connectivity index (χ4v) is 2.33. The van der Waals surface area contributed by atoms with Gasteiger partial charge in [-0.15, -0.1) is 0 Å². The van der Waals surface area contributed by atoms with Crippen molar-refractivity contribution < 1.29 is 0 Å². The van der Waals surface area contributed by atoms with Gasteiger partial charge in [0.05, 0.1) is 5.69 Å². The van der Waals surface area contributed by atoms with Crippen LogP contribution in [0.5, 0.6) is 0 Å². The molecule has 102 valence electrons. The van der Waals surface area contributed by atoms with Gasteiger partial charge in [-0.3, -0.25) is 16.0 Å². The minimum Gasteiger partial charge on any atom is -0.272 e. The molecular weight excluding hydrogens is 260 g/mol. The maximum absolute atomic E-state index is 5.88. The van der Waals surface area contributed by atoms with E-state index in [4.69, 9.17) is 17.4 Å². The maximum Gasteiger partial charge on any atom is 0.0596 e. The molecule has 1 heterocycles. The molecule has 0 amide bonds. The van der Waals surface area contributed by atoms with Crippen LogP contribution in [0.3, 0.4) is 0 Å². The molecule has 19 heavy (non-hydrogen) atoms. The SMILES string of the molecule is Cc1cc(CC(Cc2ccc(Cl)cc2)NN)n(C)n1. The van der Waals surface area contributed by atoms with E-state index in [9.17, 15) is 0 Å². The number of nitrogens with two attached hydrogens (primary N) is 1. The summed E-state index contributed by atoms with van der Waals surface area (Å²) in [6.45, 7) is 1.99. The highest BCUT2D eigenvalue weighted by atomic mass is 35.5. The van der Waals surface area contributed by atoms with Crippen molar-refractivity contribution in [1.29, 1.82) is 0 Å². The van der Waals surface area contributed by atoms with E-state index in [2.05, 4.69) is 16.6 Å². The minimum atomic E-state index is 0.177. The van der Waals surface area contributed by atoms with Gasteiger partial charge in [0.1, 0.15) is 0 Å². The molecule has 0 bridgehead atoms. The second kappa shape index (κ2) is 6.19. The molecule has 0 radical (unpaired) electrons. The number of nitrogens with zero attached hydrogens (tertiary/aromatic N) is 2. The fraction of sp³-hybridized carbons (Fsp3) is 0.357. The molecule has 2 aromatic rings. The summed E-state index contributed by atoms with van der Waals surface area (Å²) in [5.41, 5.74) is 6.29. The Hall–Kier alpha value is -1.36. The van der Waals surface area contributed by atoms with E-state index >= 15 is 0 Å². The number of halogens is 1. The summed E-state index contributed by atoms with van der Waals surface area (Å²) >= 11 is 5.88. The topological polar surface area (TPSA) is 55.9 Å². The highest BCUT2D eigenvalue weighted by Crippen LogP contribution is 2.13. The van der Waals surface area contributed by atoms with Crippen LogP contribution in [0, 0.1) is 6.92 Å². The Bertz CT molecular complexity index is 533. The van der Waals surface area contributed by atoms with Crippen LogP contribution in [0.1, 0.15) is 17.0 Å². The quantitative estimate of drug-likeness (QED) is 0.650. The molecular formula is C14H19ClN4. The Kier molecular flexibility index (Phi) is 4.58. The van der Waals surface area contributed by atoms with Gasteiger partial charge in [0, 0.05) is 30.2 Å². The number of rotatable bonds is 5. The number of nitrogens with one attached hydrogen (secondary N) is 1. The molecule has 4 nitrogen and oxygen atoms in total. The van der Waals surface area contributed by atoms with Crippen LogP contribution in [-0.4, -0.2) is 15.8 Å². The summed E-state index contributed by atoms with van der Waals surface area (Å²) < 4.78 is 1.90. The molecule has 1 aromatic heterocycles. The third kappa shape index (κ3) is 3.80. The van der Waals surface area contributed by atoms with Crippen LogP contribution in [0.2, 0.25) is 5.02 Å². The largest absolute Gasteiger partial charge is 0.272 e. The smallest absolute Gasteiger partial charge is 0.0596 e. The number of hydrogen-bond acceptors (Lipinski definition) is 3. The van der Waals surface area contributed by atoms with Crippen molar-refractivity contribution in [2.24, 2.45) is 12.9 Å². The Balaban J connectivity index is 2.04. The second-order valence-electron chi connectivity index (χ2n) is 4.80. The molecule has 0 spiro atoms. The molecule has 1 aromatic carbocycles. The van der Waals surface area contributed by atoms with E-state index in [1.54, 1.807) is 0 Å². The predicted molar refractivity (Wildman–Crippen MR) is 77.9 cm³/mol. The van der Waals surface area contributed by atoms with Crippen molar-refractivity contribution >= 4 is 11.6 Å². The molecule has 0 saturated carbocycles. The first kappa shape index (κ1) is 14.1. The summed E-state index contributed by atoms with van der Waals surface area (Å²) in [4.78, 5) is 0. The number of hydrogen-bond donors (Lipinski definition) is 2. The van der Waals surface area contributed by atoms with Crippen molar-refractivity contribution in [3.8, 4) is 0 Å². The molecule has 5 heteroatoms.